The van der Waals surface area contributed by atoms with Crippen molar-refractivity contribution in [3.05, 3.63) is 70.5 Å². The molecule has 0 spiro atoms. The summed E-state index contributed by atoms with van der Waals surface area (Å²) in [5.74, 6) is -4.70. The Hall–Kier alpha value is -3.21. The number of alkyl halides is 3. The molecule has 0 aromatic heterocycles. The summed E-state index contributed by atoms with van der Waals surface area (Å²) in [5, 5.41) is 10.4. The summed E-state index contributed by atoms with van der Waals surface area (Å²) in [4.78, 5) is 26.6. The number of carbonyl (C=O) groups excluding carboxylic acids is 1. The number of halogens is 6. The van der Waals surface area contributed by atoms with Gasteiger partial charge in [-0.2, -0.15) is 17.5 Å². The van der Waals surface area contributed by atoms with E-state index >= 15 is 0 Å². The highest BCUT2D eigenvalue weighted by Gasteiger charge is 2.57. The number of carboxylic acid groups (broad SMARTS) is 1. The van der Waals surface area contributed by atoms with E-state index in [0.29, 0.717) is 37.3 Å². The third-order valence-electron chi connectivity index (χ3n) is 11.7. The van der Waals surface area contributed by atoms with E-state index in [2.05, 4.69) is 46.9 Å². The van der Waals surface area contributed by atoms with E-state index in [1.807, 2.05) is 48.2 Å². The van der Waals surface area contributed by atoms with E-state index in [9.17, 15) is 39.6 Å². The molecule has 0 radical (unpaired) electrons. The lowest BCUT2D eigenvalue weighted by molar-refractivity contribution is -0.192. The van der Waals surface area contributed by atoms with Gasteiger partial charge in [0.05, 0.1) is 5.75 Å². The maximum absolute atomic E-state index is 15.0. The molecule has 1 amide bonds. The van der Waals surface area contributed by atoms with Crippen LogP contribution in [-0.2, 0) is 39.2 Å². The molecule has 16 heteroatoms. The maximum atomic E-state index is 15.0. The fourth-order valence-corrected chi connectivity index (χ4v) is 10.4. The van der Waals surface area contributed by atoms with Gasteiger partial charge in [0.15, 0.2) is 11.6 Å². The van der Waals surface area contributed by atoms with Crippen LogP contribution in [0.1, 0.15) is 83.9 Å². The number of nitrogens with zero attached hydrogens (tertiary/aromatic N) is 3. The first-order chi connectivity index (χ1) is 25.7. The third-order valence-corrected chi connectivity index (χ3v) is 13.6. The third kappa shape index (κ3) is 11.0. The molecule has 6 rings (SSSR count). The molecule has 2 aromatic rings. The Balaban J connectivity index is 0.000000908. The molecule has 2 aromatic carbocycles. The molecule has 3 aliphatic carbocycles. The second kappa shape index (κ2) is 17.3. The molecule has 3 saturated carbocycles. The van der Waals surface area contributed by atoms with Crippen molar-refractivity contribution in [3.63, 3.8) is 0 Å². The van der Waals surface area contributed by atoms with Crippen LogP contribution in [0.3, 0.4) is 0 Å². The predicted molar refractivity (Wildman–Crippen MR) is 201 cm³/mol. The van der Waals surface area contributed by atoms with E-state index in [0.717, 1.165) is 29.7 Å². The molecular weight excluding hydrogens is 763 g/mol. The minimum Gasteiger partial charge on any atom is -0.475 e. The van der Waals surface area contributed by atoms with Crippen LogP contribution in [0.4, 0.5) is 26.3 Å². The van der Waals surface area contributed by atoms with Crippen LogP contribution in [0.25, 0.3) is 0 Å². The second-order valence-corrected chi connectivity index (χ2v) is 19.8. The van der Waals surface area contributed by atoms with Crippen molar-refractivity contribution in [2.24, 2.45) is 28.6 Å². The molecule has 2 N–H and O–H groups in total. The Kier molecular flexibility index (Phi) is 14.1. The van der Waals surface area contributed by atoms with Gasteiger partial charge < -0.3 is 15.3 Å². The monoisotopic (exact) mass is 818 g/mol. The minimum atomic E-state index is -5.08. The van der Waals surface area contributed by atoms with Gasteiger partial charge in [0.2, 0.25) is 15.9 Å². The summed E-state index contributed by atoms with van der Waals surface area (Å²) < 4.78 is 104. The zero-order chi connectivity index (χ0) is 42.1. The largest absolute Gasteiger partial charge is 0.490 e. The normalized spacial score (nSPS) is 25.0. The van der Waals surface area contributed by atoms with Gasteiger partial charge in [-0.05, 0) is 91.6 Å². The SMILES string of the molecule is C[C@@H]1[C@@H](NC(=O)C2CCS(=O)(=O)N2Cc2cccc(CN(Cc3c(F)ccc(F)c3F)[C@H](CN(C)C)CC(C)(C)C)c2)C[C@H]2C[C@@H]1C2(C)C.O=C(O)C(F)(F)F. The predicted octanol–water partition coefficient (Wildman–Crippen LogP) is 7.20. The summed E-state index contributed by atoms with van der Waals surface area (Å²) in [7, 11) is 0.233. The minimum absolute atomic E-state index is 0.0414. The summed E-state index contributed by atoms with van der Waals surface area (Å²) in [6.45, 7) is 14.0. The molecule has 4 fully saturated rings. The van der Waals surface area contributed by atoms with Crippen molar-refractivity contribution < 1.29 is 49.5 Å². The van der Waals surface area contributed by atoms with Gasteiger partial charge >= 0.3 is 12.1 Å². The van der Waals surface area contributed by atoms with Gasteiger partial charge in [-0.1, -0.05) is 65.8 Å². The molecule has 4 aliphatic rings. The highest BCUT2D eigenvalue weighted by Crippen LogP contribution is 2.61. The topological polar surface area (TPSA) is 110 Å². The Bertz CT molecular complexity index is 1830. The van der Waals surface area contributed by atoms with Crippen molar-refractivity contribution in [1.29, 1.82) is 0 Å². The first kappa shape index (κ1) is 45.5. The van der Waals surface area contributed by atoms with Crippen LogP contribution in [0.5, 0.6) is 0 Å². The average Bonchev–Trinajstić information content (AvgIpc) is 3.37. The number of rotatable bonds is 12. The molecule has 1 unspecified atom stereocenters. The number of nitrogens with one attached hydrogen (secondary N) is 1. The molecule has 314 valence electrons. The number of aliphatic carboxylic acids is 1. The van der Waals surface area contributed by atoms with E-state index in [4.69, 9.17) is 9.90 Å². The van der Waals surface area contributed by atoms with Crippen molar-refractivity contribution in [2.75, 3.05) is 26.4 Å². The van der Waals surface area contributed by atoms with E-state index in [1.54, 1.807) is 0 Å². The number of carboxylic acids is 1. The maximum Gasteiger partial charge on any atom is 0.490 e. The van der Waals surface area contributed by atoms with Crippen molar-refractivity contribution >= 4 is 21.9 Å². The van der Waals surface area contributed by atoms with Crippen LogP contribution in [0.15, 0.2) is 36.4 Å². The Labute approximate surface area is 326 Å². The smallest absolute Gasteiger partial charge is 0.475 e. The van der Waals surface area contributed by atoms with Crippen LogP contribution in [0, 0.1) is 46.0 Å². The number of amides is 1. The molecule has 6 atom stereocenters. The fourth-order valence-electron chi connectivity index (χ4n) is 8.71. The lowest BCUT2D eigenvalue weighted by Crippen LogP contribution is -2.61. The molecular formula is C40H56F6N4O5S. The van der Waals surface area contributed by atoms with Gasteiger partial charge in [0, 0.05) is 43.8 Å². The molecule has 9 nitrogen and oxygen atoms in total. The number of sulfonamides is 1. The van der Waals surface area contributed by atoms with E-state index < -0.39 is 45.7 Å². The lowest BCUT2D eigenvalue weighted by Gasteiger charge is -2.62. The number of carbonyl (C=O) groups is 2. The Morgan fingerprint density at radius 2 is 1.61 bits per heavy atom. The van der Waals surface area contributed by atoms with E-state index in [-0.39, 0.29) is 59.6 Å². The number of fused-ring (bicyclic) bond motifs is 2. The summed E-state index contributed by atoms with van der Waals surface area (Å²) in [5.41, 5.74) is 1.40. The van der Waals surface area contributed by atoms with Gasteiger partial charge in [-0.3, -0.25) is 9.69 Å². The molecule has 56 heavy (non-hydrogen) atoms. The van der Waals surface area contributed by atoms with Gasteiger partial charge in [-0.15, -0.1) is 0 Å². The second-order valence-electron chi connectivity index (χ2n) is 17.8. The van der Waals surface area contributed by atoms with Crippen molar-refractivity contribution in [3.8, 4) is 0 Å². The molecule has 2 bridgehead atoms. The highest BCUT2D eigenvalue weighted by atomic mass is 32.2. The molecule has 1 heterocycles. The van der Waals surface area contributed by atoms with E-state index in [1.165, 1.54) is 10.7 Å². The first-order valence-electron chi connectivity index (χ1n) is 18.9. The van der Waals surface area contributed by atoms with Crippen molar-refractivity contribution in [1.82, 2.24) is 19.4 Å². The quantitative estimate of drug-likeness (QED) is 0.172. The molecule has 1 saturated heterocycles. The van der Waals surface area contributed by atoms with Gasteiger partial charge in [-0.25, -0.2) is 26.4 Å². The van der Waals surface area contributed by atoms with Crippen LogP contribution in [-0.4, -0.2) is 90.2 Å². The van der Waals surface area contributed by atoms with Crippen molar-refractivity contribution in [2.45, 2.75) is 111 Å². The Morgan fingerprint density at radius 3 is 2.16 bits per heavy atom. The number of likely N-dealkylation sites (N-methyl/N-ethyl adjacent to an activating group) is 1. The molecule has 1 aliphatic heterocycles. The lowest BCUT2D eigenvalue weighted by atomic mass is 9.45. The first-order valence-corrected chi connectivity index (χ1v) is 20.5. The summed E-state index contributed by atoms with van der Waals surface area (Å²) in [6.07, 6.45) is -2.02. The average molecular weight is 819 g/mol. The van der Waals surface area contributed by atoms with Crippen LogP contribution < -0.4 is 5.32 Å². The number of hydrogen-bond acceptors (Lipinski definition) is 6. The summed E-state index contributed by atoms with van der Waals surface area (Å²) in [6, 6.07) is 8.37. The van der Waals surface area contributed by atoms with Gasteiger partial charge in [0.25, 0.3) is 0 Å². The van der Waals surface area contributed by atoms with Crippen LogP contribution in [0.2, 0.25) is 0 Å². The zero-order valence-corrected chi connectivity index (χ0v) is 34.2. The number of benzene rings is 2. The zero-order valence-electron chi connectivity index (χ0n) is 33.4. The number of hydrogen-bond donors (Lipinski definition) is 2. The Morgan fingerprint density at radius 1 is 1.00 bits per heavy atom. The standard InChI is InChI=1S/C38H55F3N4O3S.C2HF3O2/c1-24-30-17-27(38(30,5)6)18-33(24)42-36(46)34-14-15-49(47,48)45(34)21-26-11-9-10-25(16-26)20-44(28(22-43(7)8)19-37(2,3)4)23-29-31(39)12-13-32(40)35(29)41;3-2(4,5)1(6)7/h9-13,16,24,27-28,30,33-34H,14-15,17-23H2,1-8H3,(H,42,46);(H,6,7)/t24-,27+,28-,30-,33-,34?;/m0./s1. The fraction of sp³-hybridized carbons (Fsp3) is 0.650. The summed E-state index contributed by atoms with van der Waals surface area (Å²) >= 11 is 0. The van der Waals surface area contributed by atoms with Crippen LogP contribution >= 0.6 is 0 Å². The van der Waals surface area contributed by atoms with Gasteiger partial charge in [0.1, 0.15) is 11.9 Å². The highest BCUT2D eigenvalue weighted by molar-refractivity contribution is 7.89.